The van der Waals surface area contributed by atoms with Crippen molar-refractivity contribution in [1.82, 2.24) is 19.6 Å². The van der Waals surface area contributed by atoms with E-state index in [0.29, 0.717) is 92.3 Å². The zero-order valence-corrected chi connectivity index (χ0v) is 297. The molecule has 0 aromatic heterocycles. The predicted octanol–water partition coefficient (Wildman–Crippen LogP) is 59.7. The van der Waals surface area contributed by atoms with E-state index in [4.69, 9.17) is 0 Å². The van der Waals surface area contributed by atoms with Gasteiger partial charge < -0.3 is 0 Å². The Labute approximate surface area is 1660 Å². The van der Waals surface area contributed by atoms with Crippen LogP contribution in [0, 0.1) is 10.8 Å². The molecule has 4 aliphatic heterocycles. The van der Waals surface area contributed by atoms with Gasteiger partial charge in [0.2, 0.25) is 0 Å². The van der Waals surface area contributed by atoms with Crippen molar-refractivity contribution >= 4 is 1460 Å². The second-order valence-electron chi connectivity index (χ2n) is 21.8. The van der Waals surface area contributed by atoms with Gasteiger partial charge in [0.25, 0.3) is 0 Å². The number of alkyl halides is 17. The molecule has 4 rings (SSSR count). The van der Waals surface area contributed by atoms with Crippen LogP contribution in [0.1, 0.15) is 76.2 Å². The Bertz CT molecular complexity index is 3690. The van der Waals surface area contributed by atoms with E-state index in [9.17, 15) is 0 Å². The number of likely N-dealkylation sites (tertiary alicyclic amines) is 4. The van der Waals surface area contributed by atoms with Crippen molar-refractivity contribution in [3.05, 3.63) is 0 Å². The molecule has 0 aromatic carbocycles. The molecule has 4 aliphatic rings. The molecule has 4 fully saturated rings. The molecule has 0 saturated carbocycles. The number of nitrogens with zero attached hydrogens (tertiary/aromatic N) is 4. The van der Waals surface area contributed by atoms with Crippen molar-refractivity contribution in [2.24, 2.45) is 10.8 Å². The Morgan fingerprint density at radius 3 is 0.714 bits per heavy atom. The minimum atomic E-state index is -1.90. The summed E-state index contributed by atoms with van der Waals surface area (Å²) in [5, 5.41) is 0. The van der Waals surface area contributed by atoms with Crippen LogP contribution in [-0.4, -0.2) is 65.0 Å². The summed E-state index contributed by atoms with van der Waals surface area (Å²) < 4.78 is 6.49. The van der Waals surface area contributed by atoms with Gasteiger partial charge in [0, 0.05) is 0 Å². The molecule has 4 nitrogen and oxygen atoms in total. The fourth-order valence-electron chi connectivity index (χ4n) is 13.4. The van der Waals surface area contributed by atoms with Crippen LogP contribution < -0.4 is 141 Å². The molecule has 4 heterocycles. The molecule has 12 atom stereocenters. The maximum absolute atomic E-state index is 4.52. The third kappa shape index (κ3) is 50.4. The van der Waals surface area contributed by atoms with Crippen molar-refractivity contribution < 1.29 is 141 Å². The van der Waals surface area contributed by atoms with E-state index in [1.165, 1.54) is 0 Å². The molecule has 4 saturated heterocycles. The molecule has 2 spiro atoms. The summed E-state index contributed by atoms with van der Waals surface area (Å²) in [6, 6.07) is 2.98. The van der Waals surface area contributed by atoms with E-state index in [1.54, 1.807) is 0 Å². The molecule has 0 bridgehead atoms. The van der Waals surface area contributed by atoms with Crippen LogP contribution in [0.25, 0.3) is 0 Å². The van der Waals surface area contributed by atoms with E-state index >= 15 is 0 Å². The summed E-state index contributed by atoms with van der Waals surface area (Å²) >= 11 is 181. The van der Waals surface area contributed by atoms with Crippen LogP contribution in [0.5, 0.6) is 0 Å². The Morgan fingerprint density at radius 2 is 0.414 bits per heavy atom. The van der Waals surface area contributed by atoms with Crippen LogP contribution in [0.4, 0.5) is 0 Å². The summed E-state index contributed by atoms with van der Waals surface area (Å²) in [4.78, 5) is 16.3. The number of halogens is 109. The van der Waals surface area contributed by atoms with Gasteiger partial charge in [0.05, 0.1) is 0 Å². The monoisotopic (exact) mass is 14200 g/mol. The molecule has 0 amide bonds. The summed E-state index contributed by atoms with van der Waals surface area (Å²) in [7, 11) is -29.7. The van der Waals surface area contributed by atoms with Crippen LogP contribution >= 0.6 is 1460 Å². The fraction of sp³-hybridized carbons (Fsp3) is 1.00. The van der Waals surface area contributed by atoms with Gasteiger partial charge in [-0.3, -0.25) is 0 Å². The predicted molar refractivity (Wildman–Crippen MR) is 1510 cm³/mol. The Morgan fingerprint density at radius 1 is 0.186 bits per heavy atom. The Balaban J connectivity index is 0.000000862. The fourth-order valence-corrected chi connectivity index (χ4v) is 7190. The number of rotatable bonds is 55. The summed E-state index contributed by atoms with van der Waals surface area (Å²) in [5.74, 6) is 0. The first-order valence-corrected chi connectivity index (χ1v) is 624. The first-order chi connectivity index (χ1) is 64.0. The average molecular weight is 14300 g/mol. The normalized spacial score (nSPS) is 31.9. The molecule has 12 unspecified atom stereocenters. The SMILES string of the molecule is CC(C)N1C(C)([I-]I)C2(C(I(I)I(I)I(I)I(I)I(I)I)(I(I)I(I)I(I)I(I)I(I)[I-]I)N(C(C)C)C(I(I)I(I)I)(I(I)I(I)[I-]I)C2(C)I(I)[I-]I)C(I(I)I(I)I(I)I(I)I)(I(I)I(I)I(I)I(I)[I-]I)C1(I(I)I(I)I(I)I)I(I)I(I)I(I)[I-]I.CC(C)N1C(C)([I-]I)C2(C(I(I)I)(I(I)[I-]I)N(C(C)C)C2(I(I)I(I)I(I)I)I(I)I(I)I(I)[I-]I)C1(I(I)I(I)I)I(I)I(I)[I-]I. The third-order valence-corrected chi connectivity index (χ3v) is 4480. The zero-order valence-electron chi connectivity index (χ0n) is 62.3. The van der Waals surface area contributed by atoms with Crippen molar-refractivity contribution in [3.8, 4) is 0 Å². The van der Waals surface area contributed by atoms with Gasteiger partial charge in [-0.15, -0.1) is 0 Å². The summed E-state index contributed by atoms with van der Waals surface area (Å²) in [5.41, 5.74) is 1.30. The average Bonchev–Trinajstić information content (AvgIpc) is 0.753. The van der Waals surface area contributed by atoms with Crippen LogP contribution in [-0.2, 0) is 0 Å². The van der Waals surface area contributed by atoms with Crippen LogP contribution in [0.3, 0.4) is 0 Å². The molecular formula is C27H37I109N4-10. The first-order valence-electron chi connectivity index (χ1n) is 27.8. The van der Waals surface area contributed by atoms with Gasteiger partial charge in [-0.05, 0) is 0 Å². The van der Waals surface area contributed by atoms with Gasteiger partial charge in [-0.25, -0.2) is 0 Å². The second kappa shape index (κ2) is 109. The van der Waals surface area contributed by atoms with Crippen LogP contribution in [0.2, 0.25) is 0 Å². The quantitative estimate of drug-likeness (QED) is 0.0342. The van der Waals surface area contributed by atoms with Crippen molar-refractivity contribution in [2.75, 3.05) is 0 Å². The number of hydrogen-bond donors (Lipinski definition) is 0. The maximum atomic E-state index is 4.52. The Hall–Kier alpha value is 79.4. The summed E-state index contributed by atoms with van der Waals surface area (Å²) in [6.07, 6.45) is 0. The van der Waals surface area contributed by atoms with E-state index in [1.807, 2.05) is 0 Å². The van der Waals surface area contributed by atoms with Gasteiger partial charge >= 0.3 is 1760 Å². The minimum absolute atomic E-state index is 0.0293. The van der Waals surface area contributed by atoms with Gasteiger partial charge in [-0.2, -0.15) is 0 Å². The molecule has 113 heteroatoms. The molecule has 140 heavy (non-hydrogen) atoms. The Kier molecular flexibility index (Phi) is 166. The molecule has 0 aliphatic carbocycles. The molecular weight excluding hydrogens is 14200 g/mol. The van der Waals surface area contributed by atoms with Crippen LogP contribution in [0.15, 0.2) is 0 Å². The van der Waals surface area contributed by atoms with Crippen molar-refractivity contribution in [3.63, 3.8) is 0 Å². The molecule has 938 valence electrons. The first kappa shape index (κ1) is 214. The number of hydrogen-bond acceptors (Lipinski definition) is 4. The van der Waals surface area contributed by atoms with Gasteiger partial charge in [-0.1, -0.05) is 0 Å². The standard InChI is InChI=1S/C15H20I74N2.C12H17I35N2/c1-7(2)90-10(6,55-16)11(12(62(23)80(45)84(49)72(35)36,63(24)81(46)86(51)76(41)59-20)15(90,68(29)78(43)71(33)34)69(30)79(44)75(40)58-19)9(5,61(22)56-17)13(64(25)70(31)32,65(26)74(39)57-18)91(8(3)4)14(11,66(27)82(47)88(53)85(50)73(37)38)67(28)83(48)89(54)87(52)77(42)60-21;1-6(2)48-8(5,32-13)9(11(48,38(20)42(24)25)39(21)44(28)34-15)10(36(17)18,37(19)33-14)49(7(3)4)12(9,40(22)46(30)43(26)27)41(23)47(31)45(29)35-16/h7-8H,1-6H3;6-7H,1-5H3/q-6;-4. The van der Waals surface area contributed by atoms with E-state index in [0.717, 1.165) is 30.3 Å². The van der Waals surface area contributed by atoms with Crippen molar-refractivity contribution in [2.45, 2.75) is 122 Å². The topological polar surface area (TPSA) is 13.0 Å². The van der Waals surface area contributed by atoms with Gasteiger partial charge in [0.1, 0.15) is 0 Å². The van der Waals surface area contributed by atoms with E-state index < -0.39 is 383 Å². The second-order valence-corrected chi connectivity index (χ2v) is 1810. The summed E-state index contributed by atoms with van der Waals surface area (Å²) in [6.45, 7) is 34.1. The van der Waals surface area contributed by atoms with E-state index in [2.05, 4.69) is 1180 Å². The van der Waals surface area contributed by atoms with Gasteiger partial charge in [0.15, 0.2) is 0 Å². The molecule has 0 N–H and O–H groups in total. The molecule has 0 aromatic rings. The third-order valence-electron chi connectivity index (χ3n) is 15.9. The van der Waals surface area contributed by atoms with E-state index in [-0.39, 0.29) is 74.2 Å². The van der Waals surface area contributed by atoms with Crippen molar-refractivity contribution in [1.29, 1.82) is 0 Å². The zero-order chi connectivity index (χ0) is 110. The molecule has 0 radical (unpaired) electrons.